The number of thiophene rings is 1. The Morgan fingerprint density at radius 1 is 1.50 bits per heavy atom. The molecule has 0 fully saturated rings. The van der Waals surface area contributed by atoms with Crippen molar-refractivity contribution in [2.45, 2.75) is 26.3 Å². The Morgan fingerprint density at radius 3 is 2.82 bits per heavy atom. The molecule has 1 amide bonds. The molecule has 0 aromatic carbocycles. The SMILES string of the molecule is CC(C)C(N)CCN(C)C(=O)c1cc(-c2cccs2)[nH]n1.Cl. The van der Waals surface area contributed by atoms with Crippen LogP contribution in [0.2, 0.25) is 0 Å². The quantitative estimate of drug-likeness (QED) is 0.847. The van der Waals surface area contributed by atoms with Gasteiger partial charge in [0.25, 0.3) is 5.91 Å². The van der Waals surface area contributed by atoms with Crippen molar-refractivity contribution >= 4 is 29.7 Å². The molecule has 0 saturated heterocycles. The monoisotopic (exact) mass is 342 g/mol. The molecule has 7 heteroatoms. The summed E-state index contributed by atoms with van der Waals surface area (Å²) in [6, 6.07) is 5.88. The molecule has 0 aliphatic heterocycles. The zero-order valence-electron chi connectivity index (χ0n) is 13.1. The summed E-state index contributed by atoms with van der Waals surface area (Å²) in [5, 5.41) is 9.03. The number of aromatic amines is 1. The van der Waals surface area contributed by atoms with Gasteiger partial charge >= 0.3 is 0 Å². The van der Waals surface area contributed by atoms with Gasteiger partial charge in [0.05, 0.1) is 10.6 Å². The maximum absolute atomic E-state index is 12.3. The van der Waals surface area contributed by atoms with Crippen molar-refractivity contribution in [2.75, 3.05) is 13.6 Å². The molecule has 0 spiro atoms. The number of amides is 1. The van der Waals surface area contributed by atoms with Gasteiger partial charge in [-0.2, -0.15) is 5.10 Å². The number of hydrogen-bond donors (Lipinski definition) is 2. The highest BCUT2D eigenvalue weighted by molar-refractivity contribution is 7.13. The van der Waals surface area contributed by atoms with Crippen LogP contribution in [0, 0.1) is 5.92 Å². The first-order chi connectivity index (χ1) is 9.99. The molecule has 2 rings (SSSR count). The van der Waals surface area contributed by atoms with Crippen LogP contribution in [0.3, 0.4) is 0 Å². The minimum absolute atomic E-state index is 0. The standard InChI is InChI=1S/C15H22N4OS.ClH/c1-10(2)11(16)6-7-19(3)15(20)13-9-12(17-18-13)14-5-4-8-21-14;/h4-5,8-11H,6-7,16H2,1-3H3,(H,17,18);1H. The summed E-state index contributed by atoms with van der Waals surface area (Å²) in [5.74, 6) is 0.342. The Morgan fingerprint density at radius 2 is 2.23 bits per heavy atom. The lowest BCUT2D eigenvalue weighted by molar-refractivity contribution is 0.0783. The van der Waals surface area contributed by atoms with E-state index in [0.29, 0.717) is 18.2 Å². The summed E-state index contributed by atoms with van der Waals surface area (Å²) in [4.78, 5) is 15.1. The van der Waals surface area contributed by atoms with Crippen molar-refractivity contribution in [1.29, 1.82) is 0 Å². The van der Waals surface area contributed by atoms with E-state index in [1.54, 1.807) is 29.4 Å². The van der Waals surface area contributed by atoms with E-state index in [2.05, 4.69) is 24.0 Å². The first-order valence-corrected chi connectivity index (χ1v) is 7.97. The van der Waals surface area contributed by atoms with Gasteiger partial charge in [0.1, 0.15) is 0 Å². The number of hydrogen-bond acceptors (Lipinski definition) is 4. The highest BCUT2D eigenvalue weighted by atomic mass is 35.5. The number of H-pyrrole nitrogens is 1. The molecule has 1 unspecified atom stereocenters. The number of carbonyl (C=O) groups is 1. The molecule has 22 heavy (non-hydrogen) atoms. The molecule has 0 radical (unpaired) electrons. The van der Waals surface area contributed by atoms with E-state index in [4.69, 9.17) is 5.73 Å². The second kappa shape index (κ2) is 8.31. The molecule has 0 bridgehead atoms. The Labute approximate surface area is 141 Å². The number of halogens is 1. The number of rotatable bonds is 6. The molecule has 122 valence electrons. The van der Waals surface area contributed by atoms with Gasteiger partial charge in [-0.25, -0.2) is 0 Å². The van der Waals surface area contributed by atoms with E-state index in [1.165, 1.54) is 0 Å². The van der Waals surface area contributed by atoms with Crippen molar-refractivity contribution in [3.8, 4) is 10.6 Å². The van der Waals surface area contributed by atoms with Crippen molar-refractivity contribution in [3.63, 3.8) is 0 Å². The number of aromatic nitrogens is 2. The first-order valence-electron chi connectivity index (χ1n) is 7.09. The Kier molecular flexibility index (Phi) is 7.06. The lowest BCUT2D eigenvalue weighted by atomic mass is 10.0. The predicted octanol–water partition coefficient (Wildman–Crippen LogP) is 3.01. The summed E-state index contributed by atoms with van der Waals surface area (Å²) >= 11 is 1.61. The molecule has 0 aliphatic rings. The zero-order valence-corrected chi connectivity index (χ0v) is 14.7. The Bertz CT molecular complexity index is 582. The summed E-state index contributed by atoms with van der Waals surface area (Å²) < 4.78 is 0. The maximum atomic E-state index is 12.3. The maximum Gasteiger partial charge on any atom is 0.274 e. The lowest BCUT2D eigenvalue weighted by Crippen LogP contribution is -2.34. The predicted molar refractivity (Wildman–Crippen MR) is 93.5 cm³/mol. The van der Waals surface area contributed by atoms with Gasteiger partial charge in [0.15, 0.2) is 5.69 Å². The molecule has 1 atom stereocenters. The molecule has 0 aliphatic carbocycles. The van der Waals surface area contributed by atoms with Crippen LogP contribution in [-0.4, -0.2) is 40.6 Å². The topological polar surface area (TPSA) is 75.0 Å². The number of nitrogens with two attached hydrogens (primary N) is 1. The third-order valence-electron chi connectivity index (χ3n) is 3.58. The minimum Gasteiger partial charge on any atom is -0.340 e. The van der Waals surface area contributed by atoms with E-state index in [1.807, 2.05) is 17.5 Å². The van der Waals surface area contributed by atoms with Gasteiger partial charge < -0.3 is 10.6 Å². The highest BCUT2D eigenvalue weighted by Crippen LogP contribution is 2.23. The summed E-state index contributed by atoms with van der Waals surface area (Å²) in [6.07, 6.45) is 0.794. The fraction of sp³-hybridized carbons (Fsp3) is 0.467. The second-order valence-corrected chi connectivity index (χ2v) is 6.52. The van der Waals surface area contributed by atoms with Crippen LogP contribution >= 0.6 is 23.7 Å². The fourth-order valence-corrected chi connectivity index (χ4v) is 2.65. The summed E-state index contributed by atoms with van der Waals surface area (Å²) in [6.45, 7) is 4.82. The van der Waals surface area contributed by atoms with Crippen LogP contribution in [0.1, 0.15) is 30.8 Å². The molecule has 2 aromatic heterocycles. The van der Waals surface area contributed by atoms with Crippen LogP contribution < -0.4 is 5.73 Å². The van der Waals surface area contributed by atoms with Crippen molar-refractivity contribution in [1.82, 2.24) is 15.1 Å². The third kappa shape index (κ3) is 4.56. The Balaban J connectivity index is 0.00000242. The average Bonchev–Trinajstić information content (AvgIpc) is 3.12. The number of nitrogens with one attached hydrogen (secondary N) is 1. The summed E-state index contributed by atoms with van der Waals surface area (Å²) in [7, 11) is 1.79. The third-order valence-corrected chi connectivity index (χ3v) is 4.49. The highest BCUT2D eigenvalue weighted by Gasteiger charge is 2.17. The average molecular weight is 343 g/mol. The number of carbonyl (C=O) groups excluding carboxylic acids is 1. The normalized spacial score (nSPS) is 12.0. The van der Waals surface area contributed by atoms with Gasteiger partial charge in [-0.05, 0) is 29.9 Å². The molecule has 2 aromatic rings. The van der Waals surface area contributed by atoms with E-state index in [9.17, 15) is 4.79 Å². The number of nitrogens with zero attached hydrogens (tertiary/aromatic N) is 2. The van der Waals surface area contributed by atoms with E-state index >= 15 is 0 Å². The van der Waals surface area contributed by atoms with Crippen LogP contribution in [-0.2, 0) is 0 Å². The fourth-order valence-electron chi connectivity index (χ4n) is 1.96. The van der Waals surface area contributed by atoms with Gasteiger partial charge in [0, 0.05) is 19.6 Å². The first kappa shape index (κ1) is 18.7. The van der Waals surface area contributed by atoms with Crippen molar-refractivity contribution in [3.05, 3.63) is 29.3 Å². The van der Waals surface area contributed by atoms with Crippen molar-refractivity contribution in [2.24, 2.45) is 11.7 Å². The van der Waals surface area contributed by atoms with Crippen LogP contribution in [0.5, 0.6) is 0 Å². The van der Waals surface area contributed by atoms with Crippen LogP contribution in [0.15, 0.2) is 23.6 Å². The molecular weight excluding hydrogens is 320 g/mol. The van der Waals surface area contributed by atoms with Crippen LogP contribution in [0.25, 0.3) is 10.6 Å². The van der Waals surface area contributed by atoms with Gasteiger partial charge in [0.2, 0.25) is 0 Å². The lowest BCUT2D eigenvalue weighted by Gasteiger charge is -2.20. The van der Waals surface area contributed by atoms with E-state index in [0.717, 1.165) is 17.0 Å². The zero-order chi connectivity index (χ0) is 15.4. The molecule has 2 heterocycles. The minimum atomic E-state index is -0.0787. The van der Waals surface area contributed by atoms with E-state index < -0.39 is 0 Å². The second-order valence-electron chi connectivity index (χ2n) is 5.57. The Hall–Kier alpha value is -1.37. The molecule has 3 N–H and O–H groups in total. The van der Waals surface area contributed by atoms with Gasteiger partial charge in [-0.3, -0.25) is 9.89 Å². The smallest absolute Gasteiger partial charge is 0.274 e. The summed E-state index contributed by atoms with van der Waals surface area (Å²) in [5.41, 5.74) is 7.33. The van der Waals surface area contributed by atoms with E-state index in [-0.39, 0.29) is 24.4 Å². The van der Waals surface area contributed by atoms with Gasteiger partial charge in [-0.15, -0.1) is 23.7 Å². The molecule has 0 saturated carbocycles. The van der Waals surface area contributed by atoms with Crippen molar-refractivity contribution < 1.29 is 4.79 Å². The molecule has 5 nitrogen and oxygen atoms in total. The van der Waals surface area contributed by atoms with Gasteiger partial charge in [-0.1, -0.05) is 19.9 Å². The van der Waals surface area contributed by atoms with Crippen LogP contribution in [0.4, 0.5) is 0 Å². The largest absolute Gasteiger partial charge is 0.340 e. The molecular formula is C15H23ClN4OS.